The van der Waals surface area contributed by atoms with Crippen LogP contribution in [0.5, 0.6) is 0 Å². The summed E-state index contributed by atoms with van der Waals surface area (Å²) in [5.74, 6) is 0. The summed E-state index contributed by atoms with van der Waals surface area (Å²) in [5, 5.41) is 0. The number of rotatable bonds is 0. The zero-order valence-corrected chi connectivity index (χ0v) is 11.0. The van der Waals surface area contributed by atoms with Crippen LogP contribution in [-0.4, -0.2) is 40.3 Å². The van der Waals surface area contributed by atoms with Gasteiger partial charge in [0.1, 0.15) is 0 Å². The molecule has 0 unspecified atom stereocenters. The van der Waals surface area contributed by atoms with Crippen molar-refractivity contribution in [1.29, 1.82) is 0 Å². The van der Waals surface area contributed by atoms with Crippen LogP contribution in [0.15, 0.2) is 0 Å². The Morgan fingerprint density at radius 1 is 0.600 bits per heavy atom. The van der Waals surface area contributed by atoms with Gasteiger partial charge in [0.2, 0.25) is 0 Å². The molecule has 5 heavy (non-hydrogen) atoms. The van der Waals surface area contributed by atoms with Crippen LogP contribution in [0.2, 0.25) is 0 Å². The Morgan fingerprint density at radius 2 is 0.600 bits per heavy atom. The molecule has 5 heteroatoms. The quantitative estimate of drug-likeness (QED) is 0.415. The van der Waals surface area contributed by atoms with E-state index in [4.69, 9.17) is 0 Å². The SMILES string of the molecule is O.O.O.[Cd].[SnH2]. The van der Waals surface area contributed by atoms with Crippen LogP contribution in [0.25, 0.3) is 0 Å². The van der Waals surface area contributed by atoms with Gasteiger partial charge in [0, 0.05) is 27.3 Å². The van der Waals surface area contributed by atoms with E-state index in [2.05, 4.69) is 0 Å². The predicted molar refractivity (Wildman–Crippen MR) is 19.4 cm³/mol. The van der Waals surface area contributed by atoms with Gasteiger partial charge in [-0.05, 0) is 0 Å². The number of hydrogen-bond donors (Lipinski definition) is 0. The van der Waals surface area contributed by atoms with E-state index in [1.807, 2.05) is 0 Å². The molecule has 0 spiro atoms. The summed E-state index contributed by atoms with van der Waals surface area (Å²) in [6.45, 7) is 0. The Balaban J connectivity index is 0. The van der Waals surface area contributed by atoms with E-state index < -0.39 is 0 Å². The zero-order valence-electron chi connectivity index (χ0n) is 2.91. The van der Waals surface area contributed by atoms with E-state index in [0.29, 0.717) is 0 Å². The van der Waals surface area contributed by atoms with Gasteiger partial charge in [0.05, 0.1) is 0 Å². The van der Waals surface area contributed by atoms with Gasteiger partial charge >= 0.3 is 23.9 Å². The minimum absolute atomic E-state index is 0. The molecular weight excluding hydrogens is 279 g/mol. The molecule has 0 aromatic carbocycles. The molecule has 0 rings (SSSR count). The van der Waals surface area contributed by atoms with E-state index in [1.54, 1.807) is 0 Å². The van der Waals surface area contributed by atoms with Gasteiger partial charge in [0.25, 0.3) is 0 Å². The summed E-state index contributed by atoms with van der Waals surface area (Å²) in [6, 6.07) is 0. The first kappa shape index (κ1) is 80.8. The molecule has 0 aliphatic carbocycles. The molecule has 32 valence electrons. The fourth-order valence-corrected chi connectivity index (χ4v) is 0. The maximum absolute atomic E-state index is 0. The molecule has 0 heterocycles. The third-order valence-electron chi connectivity index (χ3n) is 0. The topological polar surface area (TPSA) is 94.5 Å². The molecule has 3 nitrogen and oxygen atoms in total. The number of hydrogen-bond acceptors (Lipinski definition) is 0. The van der Waals surface area contributed by atoms with Crippen molar-refractivity contribution in [3.8, 4) is 0 Å². The van der Waals surface area contributed by atoms with Gasteiger partial charge < -0.3 is 16.4 Å². The average Bonchev–Trinajstić information content (AvgIpc) is 0. The minimum atomic E-state index is 0. The van der Waals surface area contributed by atoms with Crippen LogP contribution in [0.3, 0.4) is 0 Å². The van der Waals surface area contributed by atoms with Crippen molar-refractivity contribution in [2.24, 2.45) is 0 Å². The fourth-order valence-electron chi connectivity index (χ4n) is 0. The zero-order chi connectivity index (χ0) is 0. The molecular formula is H8CdO3Sn. The van der Waals surface area contributed by atoms with Crippen molar-refractivity contribution in [1.82, 2.24) is 0 Å². The van der Waals surface area contributed by atoms with Gasteiger partial charge in [-0.2, -0.15) is 0 Å². The van der Waals surface area contributed by atoms with Gasteiger partial charge in [-0.1, -0.05) is 0 Å². The van der Waals surface area contributed by atoms with E-state index in [1.165, 1.54) is 0 Å². The van der Waals surface area contributed by atoms with Crippen LogP contribution < -0.4 is 0 Å². The Kier molecular flexibility index (Phi) is 748. The molecule has 0 saturated heterocycles. The third-order valence-corrected chi connectivity index (χ3v) is 0. The van der Waals surface area contributed by atoms with E-state index in [9.17, 15) is 0 Å². The predicted octanol–water partition coefficient (Wildman–Crippen LogP) is -3.39. The summed E-state index contributed by atoms with van der Waals surface area (Å²) >= 11 is 0. The fraction of sp³-hybridized carbons (Fsp3) is 0. The Labute approximate surface area is 67.2 Å². The van der Waals surface area contributed by atoms with Crippen molar-refractivity contribution in [2.45, 2.75) is 0 Å². The molecule has 0 saturated carbocycles. The van der Waals surface area contributed by atoms with Crippen molar-refractivity contribution >= 4 is 23.9 Å². The summed E-state index contributed by atoms with van der Waals surface area (Å²) in [5.41, 5.74) is 0. The van der Waals surface area contributed by atoms with E-state index in [-0.39, 0.29) is 67.6 Å². The van der Waals surface area contributed by atoms with Crippen LogP contribution in [-0.2, 0) is 27.3 Å². The molecule has 0 aliphatic rings. The van der Waals surface area contributed by atoms with Crippen LogP contribution >= 0.6 is 0 Å². The Morgan fingerprint density at radius 3 is 0.600 bits per heavy atom. The molecule has 0 amide bonds. The Bertz CT molecular complexity index is 6.85. The molecule has 0 fully saturated rings. The standard InChI is InChI=1S/Cd.3H2O.Sn.2H/h;3*1H2;;;. The van der Waals surface area contributed by atoms with E-state index in [0.717, 1.165) is 0 Å². The van der Waals surface area contributed by atoms with Crippen LogP contribution in [0, 0.1) is 0 Å². The van der Waals surface area contributed by atoms with Gasteiger partial charge in [0.15, 0.2) is 0 Å². The van der Waals surface area contributed by atoms with Crippen molar-refractivity contribution in [3.05, 3.63) is 0 Å². The van der Waals surface area contributed by atoms with Crippen LogP contribution in [0.1, 0.15) is 0 Å². The molecule has 2 radical (unpaired) electrons. The molecule has 0 bridgehead atoms. The van der Waals surface area contributed by atoms with Gasteiger partial charge in [-0.15, -0.1) is 0 Å². The van der Waals surface area contributed by atoms with Gasteiger partial charge in [-0.25, -0.2) is 0 Å². The second-order valence-electron chi connectivity index (χ2n) is 0. The summed E-state index contributed by atoms with van der Waals surface area (Å²) < 4.78 is 0. The van der Waals surface area contributed by atoms with Crippen LogP contribution in [0.4, 0.5) is 0 Å². The molecule has 6 N–H and O–H groups in total. The summed E-state index contributed by atoms with van der Waals surface area (Å²) in [7, 11) is 0. The molecule has 0 atom stereocenters. The Hall–Kier alpha value is 1.60. The normalized spacial score (nSPS) is 0. The first-order valence-electron chi connectivity index (χ1n) is 0. The average molecular weight is 287 g/mol. The van der Waals surface area contributed by atoms with Crippen molar-refractivity contribution in [3.63, 3.8) is 0 Å². The van der Waals surface area contributed by atoms with Gasteiger partial charge in [-0.3, -0.25) is 0 Å². The molecule has 0 aromatic rings. The second kappa shape index (κ2) is 46.3. The first-order chi connectivity index (χ1) is 0. The first-order valence-corrected chi connectivity index (χ1v) is 0. The maximum atomic E-state index is 0. The van der Waals surface area contributed by atoms with E-state index >= 15 is 0 Å². The summed E-state index contributed by atoms with van der Waals surface area (Å²) in [4.78, 5) is 0. The summed E-state index contributed by atoms with van der Waals surface area (Å²) in [6.07, 6.45) is 0. The second-order valence-corrected chi connectivity index (χ2v) is 0. The van der Waals surface area contributed by atoms with Crippen molar-refractivity contribution < 1.29 is 43.7 Å². The molecule has 0 aromatic heterocycles. The molecule has 0 aliphatic heterocycles. The van der Waals surface area contributed by atoms with Crippen molar-refractivity contribution in [2.75, 3.05) is 0 Å². The third kappa shape index (κ3) is 28.3. The monoisotopic (exact) mass is 290 g/mol.